The van der Waals surface area contributed by atoms with Gasteiger partial charge in [0.15, 0.2) is 0 Å². The fourth-order valence-corrected chi connectivity index (χ4v) is 4.23. The molecule has 0 spiro atoms. The average molecular weight is 224 g/mol. The molecule has 4 rings (SSSR count). The van der Waals surface area contributed by atoms with Gasteiger partial charge in [-0.1, -0.05) is 6.58 Å². The molecule has 4 unspecified atom stereocenters. The number of hydrogen-bond acceptors (Lipinski definition) is 4. The molecule has 4 nitrogen and oxygen atoms in total. The van der Waals surface area contributed by atoms with Crippen LogP contribution in [-0.4, -0.2) is 33.0 Å². The molecule has 4 atom stereocenters. The van der Waals surface area contributed by atoms with E-state index in [4.69, 9.17) is 4.74 Å². The normalized spacial score (nSPS) is 53.0. The Morgan fingerprint density at radius 2 is 2.06 bits per heavy atom. The highest BCUT2D eigenvalue weighted by Gasteiger charge is 2.73. The molecule has 16 heavy (non-hydrogen) atoms. The van der Waals surface area contributed by atoms with E-state index in [0.717, 1.165) is 12.5 Å². The van der Waals surface area contributed by atoms with Crippen molar-refractivity contribution in [1.29, 1.82) is 0 Å². The second kappa shape index (κ2) is 2.68. The van der Waals surface area contributed by atoms with Crippen molar-refractivity contribution < 1.29 is 19.7 Å². The van der Waals surface area contributed by atoms with Crippen LogP contribution < -0.4 is 0 Å². The number of carbonyl (C=O) groups excluding carboxylic acids is 1. The van der Waals surface area contributed by atoms with Crippen molar-refractivity contribution in [2.45, 2.75) is 48.9 Å². The van der Waals surface area contributed by atoms with Gasteiger partial charge in [-0.25, -0.2) is 4.79 Å². The van der Waals surface area contributed by atoms with Gasteiger partial charge in [0.2, 0.25) is 0 Å². The van der Waals surface area contributed by atoms with E-state index in [1.54, 1.807) is 0 Å². The molecular formula is C12H16O4. The number of ether oxygens (including phenoxy) is 1. The van der Waals surface area contributed by atoms with Crippen LogP contribution in [0.25, 0.3) is 0 Å². The molecule has 4 aliphatic carbocycles. The maximum atomic E-state index is 11.3. The molecule has 0 aromatic rings. The van der Waals surface area contributed by atoms with Crippen molar-refractivity contribution in [2.75, 3.05) is 0 Å². The summed E-state index contributed by atoms with van der Waals surface area (Å²) in [6.07, 6.45) is 3.85. The molecule has 4 bridgehead atoms. The third kappa shape index (κ3) is 1.09. The Morgan fingerprint density at radius 1 is 1.31 bits per heavy atom. The number of esters is 1. The molecule has 0 aliphatic heterocycles. The van der Waals surface area contributed by atoms with E-state index in [-0.39, 0.29) is 5.92 Å². The number of aliphatic hydroxyl groups is 2. The summed E-state index contributed by atoms with van der Waals surface area (Å²) in [6, 6.07) is 0. The largest absolute Gasteiger partial charge is 0.453 e. The molecule has 4 aliphatic rings. The van der Waals surface area contributed by atoms with Gasteiger partial charge >= 0.3 is 5.97 Å². The first kappa shape index (κ1) is 10.3. The SMILES string of the molecule is C=CC(=O)OC12CC3CC(O)(CC1(O)C3)C2. The fraction of sp³-hybridized carbons (Fsp3) is 0.750. The van der Waals surface area contributed by atoms with Crippen molar-refractivity contribution in [3.05, 3.63) is 12.7 Å². The lowest BCUT2D eigenvalue weighted by Gasteiger charge is -2.36. The molecule has 4 heteroatoms. The summed E-state index contributed by atoms with van der Waals surface area (Å²) < 4.78 is 5.37. The minimum atomic E-state index is -1.02. The monoisotopic (exact) mass is 224 g/mol. The van der Waals surface area contributed by atoms with E-state index in [9.17, 15) is 15.0 Å². The minimum absolute atomic E-state index is 0.273. The van der Waals surface area contributed by atoms with Crippen molar-refractivity contribution in [3.8, 4) is 0 Å². The van der Waals surface area contributed by atoms with Gasteiger partial charge in [-0.2, -0.15) is 0 Å². The molecule has 0 aromatic heterocycles. The topological polar surface area (TPSA) is 66.8 Å². The van der Waals surface area contributed by atoms with Crippen LogP contribution in [0.1, 0.15) is 32.1 Å². The molecule has 0 amide bonds. The third-order valence-corrected chi connectivity index (χ3v) is 4.46. The van der Waals surface area contributed by atoms with E-state index in [1.807, 2.05) is 0 Å². The summed E-state index contributed by atoms with van der Waals surface area (Å²) in [4.78, 5) is 11.3. The van der Waals surface area contributed by atoms with Gasteiger partial charge in [-0.15, -0.1) is 0 Å². The zero-order chi connectivity index (χ0) is 11.6. The van der Waals surface area contributed by atoms with Crippen molar-refractivity contribution in [1.82, 2.24) is 0 Å². The zero-order valence-electron chi connectivity index (χ0n) is 9.11. The lowest BCUT2D eigenvalue weighted by Crippen LogP contribution is -2.48. The number of hydrogen-bond donors (Lipinski definition) is 2. The van der Waals surface area contributed by atoms with Gasteiger partial charge in [-0.3, -0.25) is 0 Å². The van der Waals surface area contributed by atoms with Gasteiger partial charge in [0.1, 0.15) is 11.2 Å². The van der Waals surface area contributed by atoms with Crippen molar-refractivity contribution in [3.63, 3.8) is 0 Å². The Balaban J connectivity index is 1.96. The predicted octanol–water partition coefficient (Wildman–Crippen LogP) is 0.524. The van der Waals surface area contributed by atoms with Crippen molar-refractivity contribution in [2.24, 2.45) is 5.92 Å². The summed E-state index contributed by atoms with van der Waals surface area (Å²) in [7, 11) is 0. The molecular weight excluding hydrogens is 208 g/mol. The smallest absolute Gasteiger partial charge is 0.330 e. The molecule has 4 fully saturated rings. The lowest BCUT2D eigenvalue weighted by atomic mass is 9.77. The predicted molar refractivity (Wildman–Crippen MR) is 55.5 cm³/mol. The summed E-state index contributed by atoms with van der Waals surface area (Å²) in [6.45, 7) is 3.37. The maximum absolute atomic E-state index is 11.3. The van der Waals surface area contributed by atoms with Crippen LogP contribution >= 0.6 is 0 Å². The zero-order valence-corrected chi connectivity index (χ0v) is 9.11. The van der Waals surface area contributed by atoms with E-state index in [0.29, 0.717) is 25.7 Å². The average Bonchev–Trinajstić information content (AvgIpc) is 2.40. The summed E-state index contributed by atoms with van der Waals surface area (Å²) in [5, 5.41) is 20.8. The Bertz CT molecular complexity index is 379. The van der Waals surface area contributed by atoms with Gasteiger partial charge in [0.25, 0.3) is 0 Å². The summed E-state index contributed by atoms with van der Waals surface area (Å²) in [5.41, 5.74) is -2.73. The summed E-state index contributed by atoms with van der Waals surface area (Å²) >= 11 is 0. The fourth-order valence-electron chi connectivity index (χ4n) is 4.23. The highest BCUT2D eigenvalue weighted by atomic mass is 16.6. The molecule has 0 radical (unpaired) electrons. The lowest BCUT2D eigenvalue weighted by molar-refractivity contribution is -0.175. The third-order valence-electron chi connectivity index (χ3n) is 4.46. The van der Waals surface area contributed by atoms with E-state index in [2.05, 4.69) is 6.58 Å². The first-order valence-corrected chi connectivity index (χ1v) is 5.71. The van der Waals surface area contributed by atoms with E-state index in [1.165, 1.54) is 0 Å². The van der Waals surface area contributed by atoms with Crippen LogP contribution in [0.5, 0.6) is 0 Å². The number of rotatable bonds is 2. The summed E-state index contributed by atoms with van der Waals surface area (Å²) in [5.74, 6) is -0.236. The van der Waals surface area contributed by atoms with Gasteiger partial charge in [0, 0.05) is 18.9 Å². The molecule has 0 aromatic carbocycles. The Kier molecular flexibility index (Phi) is 1.73. The van der Waals surface area contributed by atoms with E-state index >= 15 is 0 Å². The standard InChI is InChI=1S/C12H16O4/c1-2-9(13)16-12-5-8-3-10(14,7-12)6-11(12,15)4-8/h2,8,14-15H,1,3-7H2. The van der Waals surface area contributed by atoms with Gasteiger partial charge in [0.05, 0.1) is 5.60 Å². The molecule has 0 heterocycles. The molecule has 4 saturated carbocycles. The Labute approximate surface area is 93.9 Å². The maximum Gasteiger partial charge on any atom is 0.330 e. The van der Waals surface area contributed by atoms with Crippen LogP contribution in [0, 0.1) is 5.92 Å². The van der Waals surface area contributed by atoms with Crippen LogP contribution in [0.15, 0.2) is 12.7 Å². The molecule has 0 saturated heterocycles. The van der Waals surface area contributed by atoms with Crippen LogP contribution in [0.2, 0.25) is 0 Å². The van der Waals surface area contributed by atoms with Crippen LogP contribution in [-0.2, 0) is 9.53 Å². The van der Waals surface area contributed by atoms with Crippen LogP contribution in [0.4, 0.5) is 0 Å². The highest BCUT2D eigenvalue weighted by molar-refractivity contribution is 5.81. The molecule has 88 valence electrons. The van der Waals surface area contributed by atoms with E-state index < -0.39 is 22.8 Å². The van der Waals surface area contributed by atoms with Gasteiger partial charge in [-0.05, 0) is 25.2 Å². The minimum Gasteiger partial charge on any atom is -0.453 e. The first-order valence-electron chi connectivity index (χ1n) is 5.71. The quantitative estimate of drug-likeness (QED) is 0.530. The second-order valence-corrected chi connectivity index (χ2v) is 5.71. The van der Waals surface area contributed by atoms with Crippen molar-refractivity contribution >= 4 is 5.97 Å². The Morgan fingerprint density at radius 3 is 2.69 bits per heavy atom. The molecule has 2 N–H and O–H groups in total. The Hall–Kier alpha value is -0.870. The first-order chi connectivity index (χ1) is 7.40. The highest BCUT2D eigenvalue weighted by Crippen LogP contribution is 2.65. The number of carbonyl (C=O) groups is 1. The van der Waals surface area contributed by atoms with Crippen LogP contribution in [0.3, 0.4) is 0 Å². The second-order valence-electron chi connectivity index (χ2n) is 5.71. The van der Waals surface area contributed by atoms with Gasteiger partial charge < -0.3 is 14.9 Å².